The lowest BCUT2D eigenvalue weighted by Crippen LogP contribution is -2.37. The minimum absolute atomic E-state index is 0.0885. The third-order valence-electron chi connectivity index (χ3n) is 4.36. The van der Waals surface area contributed by atoms with Crippen LogP contribution in [-0.4, -0.2) is 33.6 Å². The fraction of sp³-hybridized carbons (Fsp3) is 0.786. The van der Waals surface area contributed by atoms with Crippen LogP contribution in [0.5, 0.6) is 0 Å². The van der Waals surface area contributed by atoms with E-state index in [0.717, 1.165) is 25.9 Å². The molecular formula is C14H22ClN5. The van der Waals surface area contributed by atoms with Crippen LogP contribution in [0.1, 0.15) is 51.9 Å². The average molecular weight is 296 g/mol. The SMILES string of the molecule is CC1(Nc2nc(Cl)nc(N3CCCC3)n2)CCCCC1. The number of hydrogen-bond acceptors (Lipinski definition) is 5. The van der Waals surface area contributed by atoms with Crippen molar-refractivity contribution in [3.8, 4) is 0 Å². The third kappa shape index (κ3) is 3.14. The van der Waals surface area contributed by atoms with E-state index in [4.69, 9.17) is 11.6 Å². The van der Waals surface area contributed by atoms with Crippen molar-refractivity contribution < 1.29 is 0 Å². The van der Waals surface area contributed by atoms with Gasteiger partial charge in [0.15, 0.2) is 0 Å². The van der Waals surface area contributed by atoms with Gasteiger partial charge >= 0.3 is 0 Å². The summed E-state index contributed by atoms with van der Waals surface area (Å²) in [6.45, 7) is 4.27. The lowest BCUT2D eigenvalue weighted by molar-refractivity contribution is 0.347. The smallest absolute Gasteiger partial charge is 0.231 e. The maximum Gasteiger partial charge on any atom is 0.231 e. The first-order chi connectivity index (χ1) is 9.65. The van der Waals surface area contributed by atoms with Crippen LogP contribution in [0.3, 0.4) is 0 Å². The van der Waals surface area contributed by atoms with Gasteiger partial charge in [-0.15, -0.1) is 0 Å². The summed E-state index contributed by atoms with van der Waals surface area (Å²) in [6, 6.07) is 0. The highest BCUT2D eigenvalue weighted by atomic mass is 35.5. The topological polar surface area (TPSA) is 53.9 Å². The van der Waals surface area contributed by atoms with E-state index in [9.17, 15) is 0 Å². The minimum Gasteiger partial charge on any atom is -0.349 e. The quantitative estimate of drug-likeness (QED) is 0.927. The van der Waals surface area contributed by atoms with Gasteiger partial charge in [-0.05, 0) is 44.2 Å². The number of anilines is 2. The highest BCUT2D eigenvalue weighted by Gasteiger charge is 2.28. The van der Waals surface area contributed by atoms with Crippen LogP contribution in [0.4, 0.5) is 11.9 Å². The first-order valence-corrected chi connectivity index (χ1v) is 7.97. The van der Waals surface area contributed by atoms with Crippen molar-refractivity contribution in [2.75, 3.05) is 23.3 Å². The van der Waals surface area contributed by atoms with Crippen molar-refractivity contribution in [2.24, 2.45) is 0 Å². The molecule has 2 heterocycles. The van der Waals surface area contributed by atoms with Crippen LogP contribution in [0.25, 0.3) is 0 Å². The molecule has 0 radical (unpaired) electrons. The molecule has 1 aliphatic carbocycles. The van der Waals surface area contributed by atoms with E-state index in [1.807, 2.05) is 0 Å². The molecule has 0 spiro atoms. The molecule has 1 aromatic rings. The summed E-state index contributed by atoms with van der Waals surface area (Å²) in [5.41, 5.74) is 0.0885. The molecule has 0 amide bonds. The van der Waals surface area contributed by atoms with Crippen LogP contribution < -0.4 is 10.2 Å². The molecular weight excluding hydrogens is 274 g/mol. The van der Waals surface area contributed by atoms with Crippen molar-refractivity contribution >= 4 is 23.5 Å². The summed E-state index contributed by atoms with van der Waals surface area (Å²) >= 11 is 6.06. The van der Waals surface area contributed by atoms with Crippen molar-refractivity contribution in [1.82, 2.24) is 15.0 Å². The lowest BCUT2D eigenvalue weighted by Gasteiger charge is -2.34. The highest BCUT2D eigenvalue weighted by molar-refractivity contribution is 6.28. The molecule has 0 unspecified atom stereocenters. The number of nitrogens with zero attached hydrogens (tertiary/aromatic N) is 4. The van der Waals surface area contributed by atoms with Crippen molar-refractivity contribution in [3.63, 3.8) is 0 Å². The predicted molar refractivity (Wildman–Crippen MR) is 81.4 cm³/mol. The van der Waals surface area contributed by atoms with E-state index in [1.165, 1.54) is 32.1 Å². The first-order valence-electron chi connectivity index (χ1n) is 7.59. The van der Waals surface area contributed by atoms with Gasteiger partial charge in [0.25, 0.3) is 0 Å². The normalized spacial score (nSPS) is 22.0. The number of nitrogens with one attached hydrogen (secondary N) is 1. The third-order valence-corrected chi connectivity index (χ3v) is 4.52. The maximum absolute atomic E-state index is 6.06. The zero-order chi connectivity index (χ0) is 14.0. The van der Waals surface area contributed by atoms with Crippen LogP contribution in [-0.2, 0) is 0 Å². The van der Waals surface area contributed by atoms with E-state index in [-0.39, 0.29) is 10.8 Å². The van der Waals surface area contributed by atoms with Crippen molar-refractivity contribution in [2.45, 2.75) is 57.4 Å². The molecule has 20 heavy (non-hydrogen) atoms. The van der Waals surface area contributed by atoms with Crippen LogP contribution in [0.15, 0.2) is 0 Å². The van der Waals surface area contributed by atoms with Crippen molar-refractivity contribution in [3.05, 3.63) is 5.28 Å². The zero-order valence-electron chi connectivity index (χ0n) is 12.0. The second-order valence-electron chi connectivity index (χ2n) is 6.17. The highest BCUT2D eigenvalue weighted by Crippen LogP contribution is 2.31. The zero-order valence-corrected chi connectivity index (χ0v) is 12.8. The Hall–Kier alpha value is -1.10. The fourth-order valence-electron chi connectivity index (χ4n) is 3.18. The Morgan fingerprint density at radius 2 is 1.70 bits per heavy atom. The Morgan fingerprint density at radius 3 is 2.40 bits per heavy atom. The van der Waals surface area contributed by atoms with Gasteiger partial charge in [0, 0.05) is 18.6 Å². The average Bonchev–Trinajstić information content (AvgIpc) is 2.92. The van der Waals surface area contributed by atoms with Gasteiger partial charge in [0.05, 0.1) is 0 Å². The minimum atomic E-state index is 0.0885. The van der Waals surface area contributed by atoms with Gasteiger partial charge in [0.2, 0.25) is 17.2 Å². The second-order valence-corrected chi connectivity index (χ2v) is 6.51. The summed E-state index contributed by atoms with van der Waals surface area (Å²) in [6.07, 6.45) is 8.58. The number of hydrogen-bond donors (Lipinski definition) is 1. The molecule has 1 aliphatic heterocycles. The Bertz CT molecular complexity index is 467. The van der Waals surface area contributed by atoms with E-state index >= 15 is 0 Å². The molecule has 0 bridgehead atoms. The van der Waals surface area contributed by atoms with Gasteiger partial charge in [-0.25, -0.2) is 0 Å². The molecule has 1 N–H and O–H groups in total. The Labute approximate surface area is 125 Å². The molecule has 5 nitrogen and oxygen atoms in total. The van der Waals surface area contributed by atoms with Gasteiger partial charge < -0.3 is 10.2 Å². The molecule has 1 saturated carbocycles. The standard InChI is InChI=1S/C14H22ClN5/c1-14(7-3-2-4-8-14)19-12-16-11(15)17-13(18-12)20-9-5-6-10-20/h2-10H2,1H3,(H,16,17,18,19). The van der Waals surface area contributed by atoms with E-state index < -0.39 is 0 Å². The summed E-state index contributed by atoms with van der Waals surface area (Å²) in [5, 5.41) is 3.77. The molecule has 1 aromatic heterocycles. The molecule has 0 aromatic carbocycles. The number of aromatic nitrogens is 3. The number of rotatable bonds is 3. The van der Waals surface area contributed by atoms with Crippen LogP contribution >= 0.6 is 11.6 Å². The van der Waals surface area contributed by atoms with Crippen molar-refractivity contribution in [1.29, 1.82) is 0 Å². The van der Waals surface area contributed by atoms with Crippen LogP contribution in [0.2, 0.25) is 5.28 Å². The lowest BCUT2D eigenvalue weighted by atomic mass is 9.83. The molecule has 2 fully saturated rings. The number of halogens is 1. The molecule has 2 aliphatic rings. The summed E-state index contributed by atoms with van der Waals surface area (Å²) in [4.78, 5) is 15.3. The molecule has 3 rings (SSSR count). The molecule has 110 valence electrons. The largest absolute Gasteiger partial charge is 0.349 e. The first kappa shape index (κ1) is 13.9. The van der Waals surface area contributed by atoms with Gasteiger partial charge in [-0.1, -0.05) is 19.3 Å². The van der Waals surface area contributed by atoms with E-state index in [2.05, 4.69) is 32.1 Å². The predicted octanol–water partition coefficient (Wildman–Crippen LogP) is 3.26. The van der Waals surface area contributed by atoms with Gasteiger partial charge in [-0.3, -0.25) is 0 Å². The molecule has 6 heteroatoms. The molecule has 0 atom stereocenters. The summed E-state index contributed by atoms with van der Waals surface area (Å²) in [5.74, 6) is 1.33. The van der Waals surface area contributed by atoms with E-state index in [0.29, 0.717) is 11.9 Å². The monoisotopic (exact) mass is 295 g/mol. The molecule has 1 saturated heterocycles. The Morgan fingerprint density at radius 1 is 1.00 bits per heavy atom. The van der Waals surface area contributed by atoms with Gasteiger partial charge in [0.1, 0.15) is 0 Å². The Balaban J connectivity index is 1.78. The Kier molecular flexibility index (Phi) is 3.96. The summed E-state index contributed by atoms with van der Waals surface area (Å²) < 4.78 is 0. The second kappa shape index (κ2) is 5.72. The fourth-order valence-corrected chi connectivity index (χ4v) is 3.34. The summed E-state index contributed by atoms with van der Waals surface area (Å²) in [7, 11) is 0. The van der Waals surface area contributed by atoms with E-state index in [1.54, 1.807) is 0 Å². The maximum atomic E-state index is 6.06. The van der Waals surface area contributed by atoms with Crippen LogP contribution in [0, 0.1) is 0 Å². The van der Waals surface area contributed by atoms with Gasteiger partial charge in [-0.2, -0.15) is 15.0 Å².